The van der Waals surface area contributed by atoms with E-state index < -0.39 is 10.0 Å². The van der Waals surface area contributed by atoms with Crippen LogP contribution < -0.4 is 5.32 Å². The van der Waals surface area contributed by atoms with Crippen LogP contribution in [0, 0.1) is 11.8 Å². The highest BCUT2D eigenvalue weighted by atomic mass is 79.9. The van der Waals surface area contributed by atoms with Gasteiger partial charge in [0.1, 0.15) is 4.21 Å². The average molecular weight is 494 g/mol. The second kappa shape index (κ2) is 9.99. The summed E-state index contributed by atoms with van der Waals surface area (Å²) in [6.07, 6.45) is 1.42. The van der Waals surface area contributed by atoms with Gasteiger partial charge in [-0.15, -0.1) is 11.3 Å². The summed E-state index contributed by atoms with van der Waals surface area (Å²) in [5.74, 6) is 0.173. The van der Waals surface area contributed by atoms with E-state index in [4.69, 9.17) is 4.74 Å². The predicted octanol–water partition coefficient (Wildman–Crippen LogP) is 2.00. The lowest BCUT2D eigenvalue weighted by molar-refractivity contribution is -0.126. The van der Waals surface area contributed by atoms with Crippen LogP contribution in [-0.4, -0.2) is 76.0 Å². The van der Waals surface area contributed by atoms with E-state index in [2.05, 4.69) is 26.1 Å². The van der Waals surface area contributed by atoms with Gasteiger partial charge in [0.05, 0.1) is 17.0 Å². The first kappa shape index (κ1) is 22.2. The maximum atomic E-state index is 12.7. The Hall–Kier alpha value is -0.520. The summed E-state index contributed by atoms with van der Waals surface area (Å²) in [6.45, 7) is 7.72. The number of sulfonamides is 1. The minimum absolute atomic E-state index is 0.0664. The van der Waals surface area contributed by atoms with Crippen molar-refractivity contribution < 1.29 is 17.9 Å². The molecule has 0 aliphatic carbocycles. The standard InChI is InChI=1S/C18H28BrN3O4S2/c1-14(18(23)20-6-9-21-10-12-26-13-11-21)15-4-7-22(8-5-15)28(24,25)17-3-2-16(19)27-17/h2-3,14-15H,4-13H2,1H3,(H,20,23). The minimum atomic E-state index is -3.43. The molecule has 2 saturated heterocycles. The number of carbonyl (C=O) groups excluding carboxylic acids is 1. The SMILES string of the molecule is CC(C(=O)NCCN1CCOCC1)C1CCN(S(=O)(=O)c2ccc(Br)s2)CC1. The van der Waals surface area contributed by atoms with Crippen molar-refractivity contribution in [3.63, 3.8) is 0 Å². The van der Waals surface area contributed by atoms with Gasteiger partial charge in [-0.2, -0.15) is 4.31 Å². The highest BCUT2D eigenvalue weighted by molar-refractivity contribution is 9.11. The molecule has 0 aromatic carbocycles. The number of ether oxygens (including phenoxy) is 1. The Morgan fingerprint density at radius 2 is 1.96 bits per heavy atom. The molecule has 0 saturated carbocycles. The number of morpholine rings is 1. The quantitative estimate of drug-likeness (QED) is 0.628. The number of amides is 1. The molecule has 3 heterocycles. The molecule has 1 atom stereocenters. The third kappa shape index (κ3) is 5.54. The van der Waals surface area contributed by atoms with Gasteiger partial charge in [0.15, 0.2) is 0 Å². The topological polar surface area (TPSA) is 79.0 Å². The molecule has 1 amide bonds. The van der Waals surface area contributed by atoms with Gasteiger partial charge < -0.3 is 10.1 Å². The molecule has 0 spiro atoms. The normalized spacial score (nSPS) is 21.5. The molecule has 1 N–H and O–H groups in total. The van der Waals surface area contributed by atoms with E-state index in [9.17, 15) is 13.2 Å². The van der Waals surface area contributed by atoms with Crippen LogP contribution in [0.1, 0.15) is 19.8 Å². The van der Waals surface area contributed by atoms with Crippen molar-refractivity contribution in [2.75, 3.05) is 52.5 Å². The third-order valence-corrected chi connectivity index (χ3v) is 9.58. The van der Waals surface area contributed by atoms with Crippen molar-refractivity contribution in [1.29, 1.82) is 0 Å². The first-order valence-electron chi connectivity index (χ1n) is 9.71. The van der Waals surface area contributed by atoms with Crippen LogP contribution in [-0.2, 0) is 19.6 Å². The Kier molecular flexibility index (Phi) is 7.91. The summed E-state index contributed by atoms with van der Waals surface area (Å²) in [4.78, 5) is 14.8. The molecule has 7 nitrogen and oxygen atoms in total. The number of nitrogens with one attached hydrogen (secondary N) is 1. The number of hydrogen-bond acceptors (Lipinski definition) is 6. The Morgan fingerprint density at radius 3 is 2.57 bits per heavy atom. The van der Waals surface area contributed by atoms with Gasteiger partial charge in [-0.1, -0.05) is 6.92 Å². The zero-order chi connectivity index (χ0) is 20.1. The van der Waals surface area contributed by atoms with Crippen LogP contribution >= 0.6 is 27.3 Å². The number of hydrogen-bond donors (Lipinski definition) is 1. The average Bonchev–Trinajstić information content (AvgIpc) is 3.15. The van der Waals surface area contributed by atoms with Crippen molar-refractivity contribution in [2.24, 2.45) is 11.8 Å². The van der Waals surface area contributed by atoms with Crippen LogP contribution in [0.4, 0.5) is 0 Å². The Morgan fingerprint density at radius 1 is 1.29 bits per heavy atom. The van der Waals surface area contributed by atoms with E-state index in [0.717, 1.165) is 36.6 Å². The van der Waals surface area contributed by atoms with Gasteiger partial charge in [0.2, 0.25) is 5.91 Å². The molecule has 3 rings (SSSR count). The Bertz CT molecular complexity index is 757. The highest BCUT2D eigenvalue weighted by Gasteiger charge is 2.34. The van der Waals surface area contributed by atoms with Gasteiger partial charge in [0.25, 0.3) is 10.0 Å². The fourth-order valence-electron chi connectivity index (χ4n) is 3.72. The van der Waals surface area contributed by atoms with Crippen LogP contribution in [0.5, 0.6) is 0 Å². The van der Waals surface area contributed by atoms with Gasteiger partial charge in [-0.25, -0.2) is 8.42 Å². The first-order chi connectivity index (χ1) is 13.4. The molecule has 1 unspecified atom stereocenters. The lowest BCUT2D eigenvalue weighted by Crippen LogP contribution is -2.44. The molecule has 28 heavy (non-hydrogen) atoms. The van der Waals surface area contributed by atoms with Crippen molar-refractivity contribution in [1.82, 2.24) is 14.5 Å². The number of piperidine rings is 1. The summed E-state index contributed by atoms with van der Waals surface area (Å²) in [5.41, 5.74) is 0. The molecule has 0 bridgehead atoms. The third-order valence-electron chi connectivity index (χ3n) is 5.59. The summed E-state index contributed by atoms with van der Waals surface area (Å²) in [7, 11) is -3.43. The van der Waals surface area contributed by atoms with Crippen LogP contribution in [0.25, 0.3) is 0 Å². The lowest BCUT2D eigenvalue weighted by atomic mass is 9.85. The van der Waals surface area contributed by atoms with E-state index in [0.29, 0.717) is 36.7 Å². The number of halogens is 1. The van der Waals surface area contributed by atoms with E-state index in [1.54, 1.807) is 16.4 Å². The summed E-state index contributed by atoms with van der Waals surface area (Å²) < 4.78 is 33.5. The van der Waals surface area contributed by atoms with E-state index >= 15 is 0 Å². The van der Waals surface area contributed by atoms with Crippen LogP contribution in [0.2, 0.25) is 0 Å². The highest BCUT2D eigenvalue weighted by Crippen LogP contribution is 2.32. The largest absolute Gasteiger partial charge is 0.379 e. The molecule has 0 radical (unpaired) electrons. The minimum Gasteiger partial charge on any atom is -0.379 e. The molecule has 1 aromatic heterocycles. The van der Waals surface area contributed by atoms with Crippen molar-refractivity contribution in [2.45, 2.75) is 24.0 Å². The van der Waals surface area contributed by atoms with Gasteiger partial charge in [0, 0.05) is 45.2 Å². The summed E-state index contributed by atoms with van der Waals surface area (Å²) in [6, 6.07) is 3.40. The maximum Gasteiger partial charge on any atom is 0.252 e. The maximum absolute atomic E-state index is 12.7. The lowest BCUT2D eigenvalue weighted by Gasteiger charge is -2.33. The van der Waals surface area contributed by atoms with Crippen molar-refractivity contribution in [3.05, 3.63) is 15.9 Å². The molecule has 10 heteroatoms. The number of nitrogens with zero attached hydrogens (tertiary/aromatic N) is 2. The summed E-state index contributed by atoms with van der Waals surface area (Å²) in [5, 5.41) is 3.04. The van der Waals surface area contributed by atoms with E-state index in [1.807, 2.05) is 6.92 Å². The van der Waals surface area contributed by atoms with Crippen LogP contribution in [0.3, 0.4) is 0 Å². The second-order valence-electron chi connectivity index (χ2n) is 7.33. The van der Waals surface area contributed by atoms with Gasteiger partial charge in [-0.3, -0.25) is 9.69 Å². The van der Waals surface area contributed by atoms with E-state index in [-0.39, 0.29) is 17.7 Å². The van der Waals surface area contributed by atoms with Gasteiger partial charge in [-0.05, 0) is 46.8 Å². The number of rotatable bonds is 7. The molecule has 158 valence electrons. The zero-order valence-electron chi connectivity index (χ0n) is 16.1. The fourth-order valence-corrected chi connectivity index (χ4v) is 7.35. The Labute approximate surface area is 179 Å². The summed E-state index contributed by atoms with van der Waals surface area (Å²) >= 11 is 4.55. The van der Waals surface area contributed by atoms with Crippen LogP contribution in [0.15, 0.2) is 20.1 Å². The Balaban J connectivity index is 1.44. The van der Waals surface area contributed by atoms with Crippen molar-refractivity contribution in [3.8, 4) is 0 Å². The molecule has 2 fully saturated rings. The molecule has 2 aliphatic heterocycles. The smallest absolute Gasteiger partial charge is 0.252 e. The molecular weight excluding hydrogens is 466 g/mol. The predicted molar refractivity (Wildman–Crippen MR) is 113 cm³/mol. The zero-order valence-corrected chi connectivity index (χ0v) is 19.3. The monoisotopic (exact) mass is 493 g/mol. The van der Waals surface area contributed by atoms with E-state index in [1.165, 1.54) is 11.3 Å². The molecular formula is C18H28BrN3O4S2. The van der Waals surface area contributed by atoms with Gasteiger partial charge >= 0.3 is 0 Å². The van der Waals surface area contributed by atoms with Crippen molar-refractivity contribution >= 4 is 43.2 Å². The number of thiophene rings is 1. The second-order valence-corrected chi connectivity index (χ2v) is 12.0. The molecule has 1 aromatic rings. The molecule has 2 aliphatic rings. The number of carbonyl (C=O) groups is 1. The fraction of sp³-hybridized carbons (Fsp3) is 0.722. The first-order valence-corrected chi connectivity index (χ1v) is 12.8.